The van der Waals surface area contributed by atoms with E-state index in [1.54, 1.807) is 23.7 Å². The SMILES string of the molecule is O=C(O)c1cccc(Cn2ccsc2=O)n1. The van der Waals surface area contributed by atoms with E-state index in [4.69, 9.17) is 5.11 Å². The lowest BCUT2D eigenvalue weighted by Gasteiger charge is -2.01. The third kappa shape index (κ3) is 2.17. The molecule has 0 saturated carbocycles. The molecule has 0 aromatic carbocycles. The fourth-order valence-electron chi connectivity index (χ4n) is 1.27. The summed E-state index contributed by atoms with van der Waals surface area (Å²) in [7, 11) is 0. The van der Waals surface area contributed by atoms with Gasteiger partial charge in [-0.3, -0.25) is 9.36 Å². The van der Waals surface area contributed by atoms with Gasteiger partial charge in [-0.15, -0.1) is 0 Å². The molecule has 0 aliphatic carbocycles. The Labute approximate surface area is 94.6 Å². The Balaban J connectivity index is 2.29. The van der Waals surface area contributed by atoms with Crippen molar-refractivity contribution in [3.8, 4) is 0 Å². The van der Waals surface area contributed by atoms with E-state index in [2.05, 4.69) is 4.98 Å². The smallest absolute Gasteiger partial charge is 0.354 e. The van der Waals surface area contributed by atoms with E-state index in [1.165, 1.54) is 10.6 Å². The lowest BCUT2D eigenvalue weighted by molar-refractivity contribution is 0.0690. The highest BCUT2D eigenvalue weighted by atomic mass is 32.1. The summed E-state index contributed by atoms with van der Waals surface area (Å²) in [6, 6.07) is 4.72. The van der Waals surface area contributed by atoms with Crippen molar-refractivity contribution in [2.75, 3.05) is 0 Å². The summed E-state index contributed by atoms with van der Waals surface area (Å²) in [4.78, 5) is 25.8. The van der Waals surface area contributed by atoms with Crippen LogP contribution in [0.1, 0.15) is 16.2 Å². The first-order valence-electron chi connectivity index (χ1n) is 4.50. The Hall–Kier alpha value is -1.95. The second-order valence-corrected chi connectivity index (χ2v) is 3.97. The van der Waals surface area contributed by atoms with E-state index in [0.717, 1.165) is 11.3 Å². The molecule has 2 aromatic heterocycles. The van der Waals surface area contributed by atoms with Crippen molar-refractivity contribution in [3.05, 3.63) is 50.8 Å². The maximum atomic E-state index is 11.3. The van der Waals surface area contributed by atoms with Gasteiger partial charge >= 0.3 is 10.8 Å². The van der Waals surface area contributed by atoms with Gasteiger partial charge in [0.1, 0.15) is 5.69 Å². The van der Waals surface area contributed by atoms with Gasteiger partial charge < -0.3 is 5.11 Å². The summed E-state index contributed by atoms with van der Waals surface area (Å²) in [5.41, 5.74) is 0.543. The average molecular weight is 236 g/mol. The molecule has 2 heterocycles. The molecule has 0 aliphatic heterocycles. The van der Waals surface area contributed by atoms with Crippen molar-refractivity contribution in [2.45, 2.75) is 6.54 Å². The average Bonchev–Trinajstić information content (AvgIpc) is 2.65. The number of rotatable bonds is 3. The number of thiazole rings is 1. The number of aromatic carboxylic acids is 1. The molecule has 0 atom stereocenters. The minimum absolute atomic E-state index is 0.0132. The molecule has 0 aliphatic rings. The number of pyridine rings is 1. The van der Waals surface area contributed by atoms with Crippen LogP contribution in [0.2, 0.25) is 0 Å². The number of carboxylic acids is 1. The summed E-state index contributed by atoms with van der Waals surface area (Å²) >= 11 is 1.10. The van der Waals surface area contributed by atoms with Gasteiger partial charge in [0.15, 0.2) is 0 Å². The van der Waals surface area contributed by atoms with Gasteiger partial charge in [-0.1, -0.05) is 17.4 Å². The number of hydrogen-bond donors (Lipinski definition) is 1. The quantitative estimate of drug-likeness (QED) is 0.864. The number of aromatic nitrogens is 2. The highest BCUT2D eigenvalue weighted by Crippen LogP contribution is 2.02. The van der Waals surface area contributed by atoms with E-state index in [0.29, 0.717) is 12.2 Å². The van der Waals surface area contributed by atoms with Crippen LogP contribution >= 0.6 is 11.3 Å². The molecule has 0 unspecified atom stereocenters. The van der Waals surface area contributed by atoms with Crippen molar-refractivity contribution in [2.24, 2.45) is 0 Å². The van der Waals surface area contributed by atoms with Crippen LogP contribution in [-0.2, 0) is 6.54 Å². The van der Waals surface area contributed by atoms with Crippen molar-refractivity contribution in [3.63, 3.8) is 0 Å². The predicted octanol–water partition coefficient (Wildman–Crippen LogP) is 1.05. The van der Waals surface area contributed by atoms with Gasteiger partial charge in [0.2, 0.25) is 0 Å². The van der Waals surface area contributed by atoms with Crippen LogP contribution in [0.3, 0.4) is 0 Å². The van der Waals surface area contributed by atoms with Gasteiger partial charge in [-0.05, 0) is 12.1 Å². The van der Waals surface area contributed by atoms with Gasteiger partial charge in [-0.2, -0.15) is 0 Å². The molecule has 0 spiro atoms. The summed E-state index contributed by atoms with van der Waals surface area (Å²) in [6.07, 6.45) is 1.65. The monoisotopic (exact) mass is 236 g/mol. The van der Waals surface area contributed by atoms with Crippen LogP contribution < -0.4 is 4.87 Å². The van der Waals surface area contributed by atoms with Crippen LogP contribution in [0.5, 0.6) is 0 Å². The van der Waals surface area contributed by atoms with Crippen molar-refractivity contribution >= 4 is 17.3 Å². The molecule has 0 saturated heterocycles. The molecular formula is C10H8N2O3S. The maximum absolute atomic E-state index is 11.3. The number of hydrogen-bond acceptors (Lipinski definition) is 4. The van der Waals surface area contributed by atoms with E-state index in [1.807, 2.05) is 0 Å². The van der Waals surface area contributed by atoms with Gasteiger partial charge in [0.25, 0.3) is 0 Å². The molecule has 16 heavy (non-hydrogen) atoms. The van der Waals surface area contributed by atoms with E-state index in [-0.39, 0.29) is 10.6 Å². The minimum atomic E-state index is -1.07. The zero-order chi connectivity index (χ0) is 11.5. The molecule has 82 valence electrons. The molecule has 0 radical (unpaired) electrons. The van der Waals surface area contributed by atoms with Crippen LogP contribution in [0.15, 0.2) is 34.6 Å². The predicted molar refractivity (Wildman–Crippen MR) is 58.9 cm³/mol. The minimum Gasteiger partial charge on any atom is -0.477 e. The Morgan fingerprint density at radius 2 is 2.31 bits per heavy atom. The number of carboxylic acid groups (broad SMARTS) is 1. The molecule has 0 amide bonds. The Kier molecular flexibility index (Phi) is 2.82. The molecule has 6 heteroatoms. The largest absolute Gasteiger partial charge is 0.477 e. The Bertz CT molecular complexity index is 573. The summed E-state index contributed by atoms with van der Waals surface area (Å²) in [5, 5.41) is 10.4. The van der Waals surface area contributed by atoms with Crippen molar-refractivity contribution in [1.82, 2.24) is 9.55 Å². The lowest BCUT2D eigenvalue weighted by Crippen LogP contribution is -2.14. The highest BCUT2D eigenvalue weighted by Gasteiger charge is 2.06. The van der Waals surface area contributed by atoms with Crippen LogP contribution in [0, 0.1) is 0 Å². The zero-order valence-corrected chi connectivity index (χ0v) is 8.98. The Morgan fingerprint density at radius 3 is 2.94 bits per heavy atom. The number of carbonyl (C=O) groups is 1. The molecule has 1 N–H and O–H groups in total. The lowest BCUT2D eigenvalue weighted by atomic mass is 10.3. The second-order valence-electron chi connectivity index (χ2n) is 3.12. The van der Waals surface area contributed by atoms with E-state index in [9.17, 15) is 9.59 Å². The van der Waals surface area contributed by atoms with Crippen molar-refractivity contribution in [1.29, 1.82) is 0 Å². The first kappa shape index (κ1) is 10.6. The summed E-state index contributed by atoms with van der Waals surface area (Å²) in [5.74, 6) is -1.07. The standard InChI is InChI=1S/C10H8N2O3S/c13-9(14)8-3-1-2-7(11-8)6-12-4-5-16-10(12)15/h1-5H,6H2,(H,13,14). The zero-order valence-electron chi connectivity index (χ0n) is 8.16. The van der Waals surface area contributed by atoms with Crippen molar-refractivity contribution < 1.29 is 9.90 Å². The first-order chi connectivity index (χ1) is 7.66. The first-order valence-corrected chi connectivity index (χ1v) is 5.38. The molecule has 5 nitrogen and oxygen atoms in total. The van der Waals surface area contributed by atoms with Gasteiger partial charge in [-0.25, -0.2) is 9.78 Å². The van der Waals surface area contributed by atoms with E-state index >= 15 is 0 Å². The second kappa shape index (κ2) is 4.28. The number of nitrogens with zero attached hydrogens (tertiary/aromatic N) is 2. The summed E-state index contributed by atoms with van der Waals surface area (Å²) in [6.45, 7) is 0.295. The van der Waals surface area contributed by atoms with E-state index < -0.39 is 5.97 Å². The van der Waals surface area contributed by atoms with Gasteiger partial charge in [0.05, 0.1) is 12.2 Å². The third-order valence-corrected chi connectivity index (χ3v) is 2.70. The molecular weight excluding hydrogens is 228 g/mol. The molecule has 0 bridgehead atoms. The molecule has 2 rings (SSSR count). The fraction of sp³-hybridized carbons (Fsp3) is 0.100. The normalized spacial score (nSPS) is 10.2. The highest BCUT2D eigenvalue weighted by molar-refractivity contribution is 7.07. The van der Waals surface area contributed by atoms with Crippen LogP contribution in [0.25, 0.3) is 0 Å². The summed E-state index contributed by atoms with van der Waals surface area (Å²) < 4.78 is 1.48. The van der Waals surface area contributed by atoms with Crippen LogP contribution in [0.4, 0.5) is 0 Å². The molecule has 2 aromatic rings. The topological polar surface area (TPSA) is 72.2 Å². The van der Waals surface area contributed by atoms with Gasteiger partial charge in [0, 0.05) is 11.6 Å². The third-order valence-electron chi connectivity index (χ3n) is 2.00. The maximum Gasteiger partial charge on any atom is 0.354 e. The molecule has 0 fully saturated rings. The van der Waals surface area contributed by atoms with Crippen LogP contribution in [-0.4, -0.2) is 20.6 Å². The fourth-order valence-corrected chi connectivity index (χ4v) is 1.85. The Morgan fingerprint density at radius 1 is 1.50 bits per heavy atom.